The minimum atomic E-state index is 0.759. The highest BCUT2D eigenvalue weighted by Gasteiger charge is 2.18. The molecule has 1 heteroatoms. The van der Waals surface area contributed by atoms with Crippen molar-refractivity contribution in [3.8, 4) is 0 Å². The molecule has 2 rings (SSSR count). The van der Waals surface area contributed by atoms with Gasteiger partial charge < -0.3 is 4.90 Å². The molecule has 0 radical (unpaired) electrons. The molecular weight excluding hydrogens is 170 g/mol. The summed E-state index contributed by atoms with van der Waals surface area (Å²) in [6, 6.07) is 9.03. The lowest BCUT2D eigenvalue weighted by molar-refractivity contribution is 0.251. The lowest BCUT2D eigenvalue weighted by atomic mass is 9.90. The van der Waals surface area contributed by atoms with Gasteiger partial charge in [0.2, 0.25) is 0 Å². The third kappa shape index (κ3) is 2.16. The minimum absolute atomic E-state index is 0.759. The first-order chi connectivity index (χ1) is 6.75. The highest BCUT2D eigenvalue weighted by atomic mass is 15.1. The van der Waals surface area contributed by atoms with Crippen molar-refractivity contribution in [2.75, 3.05) is 20.1 Å². The SMILES string of the molecule is Cc1ccc([C@@H]2CCCN(C)C2)cc1. The molecule has 0 bridgehead atoms. The summed E-state index contributed by atoms with van der Waals surface area (Å²) in [5.41, 5.74) is 2.88. The quantitative estimate of drug-likeness (QED) is 0.656. The van der Waals surface area contributed by atoms with E-state index in [0.29, 0.717) is 0 Å². The fraction of sp³-hybridized carbons (Fsp3) is 0.538. The zero-order valence-electron chi connectivity index (χ0n) is 9.16. The van der Waals surface area contributed by atoms with Crippen molar-refractivity contribution in [3.05, 3.63) is 35.4 Å². The number of benzene rings is 1. The summed E-state index contributed by atoms with van der Waals surface area (Å²) >= 11 is 0. The maximum Gasteiger partial charge on any atom is 0.00472 e. The fourth-order valence-corrected chi connectivity index (χ4v) is 2.28. The number of aryl methyl sites for hydroxylation is 1. The van der Waals surface area contributed by atoms with Gasteiger partial charge in [0.1, 0.15) is 0 Å². The molecule has 1 atom stereocenters. The van der Waals surface area contributed by atoms with Crippen LogP contribution in [0.25, 0.3) is 0 Å². The van der Waals surface area contributed by atoms with Gasteiger partial charge in [-0.15, -0.1) is 0 Å². The molecule has 1 saturated heterocycles. The molecule has 0 aromatic heterocycles. The standard InChI is InChI=1S/C13H19N/c1-11-5-7-12(8-6-11)13-4-3-9-14(2)10-13/h5-8,13H,3-4,9-10H2,1-2H3/t13-/m1/s1. The maximum atomic E-state index is 2.44. The summed E-state index contributed by atoms with van der Waals surface area (Å²) in [5.74, 6) is 0.759. The Bertz CT molecular complexity index is 289. The molecule has 1 nitrogen and oxygen atoms in total. The number of hydrogen-bond donors (Lipinski definition) is 0. The van der Waals surface area contributed by atoms with Crippen molar-refractivity contribution in [1.29, 1.82) is 0 Å². The van der Waals surface area contributed by atoms with E-state index in [1.54, 1.807) is 0 Å². The molecule has 0 aliphatic carbocycles. The monoisotopic (exact) mass is 189 g/mol. The van der Waals surface area contributed by atoms with Crippen LogP contribution in [0.15, 0.2) is 24.3 Å². The number of piperidine rings is 1. The van der Waals surface area contributed by atoms with Gasteiger partial charge >= 0.3 is 0 Å². The number of likely N-dealkylation sites (N-methyl/N-ethyl adjacent to an activating group) is 1. The van der Waals surface area contributed by atoms with Crippen LogP contribution < -0.4 is 0 Å². The van der Waals surface area contributed by atoms with Crippen LogP contribution in [0.1, 0.15) is 29.9 Å². The molecule has 1 aromatic rings. The lowest BCUT2D eigenvalue weighted by Gasteiger charge is -2.29. The Labute approximate surface area is 86.7 Å². The van der Waals surface area contributed by atoms with Crippen LogP contribution in [0.2, 0.25) is 0 Å². The number of rotatable bonds is 1. The zero-order chi connectivity index (χ0) is 9.97. The summed E-state index contributed by atoms with van der Waals surface area (Å²) < 4.78 is 0. The molecule has 1 aliphatic heterocycles. The third-order valence-corrected chi connectivity index (χ3v) is 3.17. The summed E-state index contributed by atoms with van der Waals surface area (Å²) in [6.45, 7) is 4.64. The second-order valence-electron chi connectivity index (χ2n) is 4.51. The van der Waals surface area contributed by atoms with Gasteiger partial charge in [-0.05, 0) is 44.8 Å². The third-order valence-electron chi connectivity index (χ3n) is 3.17. The van der Waals surface area contributed by atoms with E-state index in [1.165, 1.54) is 37.1 Å². The first kappa shape index (κ1) is 9.72. The first-order valence-electron chi connectivity index (χ1n) is 5.51. The van der Waals surface area contributed by atoms with Crippen LogP contribution in [-0.4, -0.2) is 25.0 Å². The van der Waals surface area contributed by atoms with Crippen LogP contribution >= 0.6 is 0 Å². The molecule has 1 aromatic carbocycles. The van der Waals surface area contributed by atoms with E-state index in [-0.39, 0.29) is 0 Å². The molecule has 0 saturated carbocycles. The lowest BCUT2D eigenvalue weighted by Crippen LogP contribution is -2.30. The average Bonchev–Trinajstić information content (AvgIpc) is 2.19. The predicted molar refractivity (Wildman–Crippen MR) is 60.7 cm³/mol. The van der Waals surface area contributed by atoms with E-state index in [0.717, 1.165) is 5.92 Å². The predicted octanol–water partition coefficient (Wildman–Crippen LogP) is 2.80. The normalized spacial score (nSPS) is 23.7. The Morgan fingerprint density at radius 1 is 1.21 bits per heavy atom. The van der Waals surface area contributed by atoms with Gasteiger partial charge in [0.25, 0.3) is 0 Å². The van der Waals surface area contributed by atoms with Crippen molar-refractivity contribution in [3.63, 3.8) is 0 Å². The molecule has 0 N–H and O–H groups in total. The Morgan fingerprint density at radius 2 is 1.93 bits per heavy atom. The smallest absolute Gasteiger partial charge is 0.00472 e. The van der Waals surface area contributed by atoms with Crippen molar-refractivity contribution >= 4 is 0 Å². The second kappa shape index (κ2) is 4.14. The molecule has 0 spiro atoms. The molecule has 0 unspecified atom stereocenters. The molecule has 0 amide bonds. The van der Waals surface area contributed by atoms with Crippen molar-refractivity contribution in [1.82, 2.24) is 4.90 Å². The second-order valence-corrected chi connectivity index (χ2v) is 4.51. The maximum absolute atomic E-state index is 2.44. The zero-order valence-corrected chi connectivity index (χ0v) is 9.16. The number of hydrogen-bond acceptors (Lipinski definition) is 1. The largest absolute Gasteiger partial charge is 0.306 e. The van der Waals surface area contributed by atoms with Crippen LogP contribution in [0, 0.1) is 6.92 Å². The fourth-order valence-electron chi connectivity index (χ4n) is 2.28. The molecule has 76 valence electrons. The van der Waals surface area contributed by atoms with Gasteiger partial charge in [-0.2, -0.15) is 0 Å². The van der Waals surface area contributed by atoms with Gasteiger partial charge in [-0.25, -0.2) is 0 Å². The summed E-state index contributed by atoms with van der Waals surface area (Å²) in [7, 11) is 2.22. The van der Waals surface area contributed by atoms with Gasteiger partial charge in [-0.3, -0.25) is 0 Å². The molecule has 1 fully saturated rings. The topological polar surface area (TPSA) is 3.24 Å². The molecule has 14 heavy (non-hydrogen) atoms. The van der Waals surface area contributed by atoms with Crippen molar-refractivity contribution in [2.24, 2.45) is 0 Å². The van der Waals surface area contributed by atoms with Crippen LogP contribution in [0.3, 0.4) is 0 Å². The van der Waals surface area contributed by atoms with Crippen LogP contribution in [0.4, 0.5) is 0 Å². The highest BCUT2D eigenvalue weighted by molar-refractivity contribution is 5.25. The van der Waals surface area contributed by atoms with Gasteiger partial charge in [0.05, 0.1) is 0 Å². The number of likely N-dealkylation sites (tertiary alicyclic amines) is 1. The van der Waals surface area contributed by atoms with E-state index in [2.05, 4.69) is 43.1 Å². The molecule has 1 heterocycles. The molecule has 1 aliphatic rings. The average molecular weight is 189 g/mol. The first-order valence-corrected chi connectivity index (χ1v) is 5.51. The van der Waals surface area contributed by atoms with Crippen LogP contribution in [-0.2, 0) is 0 Å². The summed E-state index contributed by atoms with van der Waals surface area (Å²) in [4.78, 5) is 2.44. The Kier molecular flexibility index (Phi) is 2.87. The minimum Gasteiger partial charge on any atom is -0.306 e. The van der Waals surface area contributed by atoms with E-state index < -0.39 is 0 Å². The van der Waals surface area contributed by atoms with Gasteiger partial charge in [0.15, 0.2) is 0 Å². The van der Waals surface area contributed by atoms with E-state index >= 15 is 0 Å². The van der Waals surface area contributed by atoms with Crippen LogP contribution in [0.5, 0.6) is 0 Å². The van der Waals surface area contributed by atoms with Gasteiger partial charge in [0, 0.05) is 6.54 Å². The van der Waals surface area contributed by atoms with Gasteiger partial charge in [-0.1, -0.05) is 29.8 Å². The van der Waals surface area contributed by atoms with Crippen molar-refractivity contribution < 1.29 is 0 Å². The summed E-state index contributed by atoms with van der Waals surface area (Å²) in [6.07, 6.45) is 2.70. The van der Waals surface area contributed by atoms with E-state index in [1.807, 2.05) is 0 Å². The Morgan fingerprint density at radius 3 is 2.57 bits per heavy atom. The van der Waals surface area contributed by atoms with E-state index in [4.69, 9.17) is 0 Å². The van der Waals surface area contributed by atoms with E-state index in [9.17, 15) is 0 Å². The summed E-state index contributed by atoms with van der Waals surface area (Å²) in [5, 5.41) is 0. The Balaban J connectivity index is 2.10. The highest BCUT2D eigenvalue weighted by Crippen LogP contribution is 2.26. The van der Waals surface area contributed by atoms with Crippen molar-refractivity contribution in [2.45, 2.75) is 25.7 Å². The molecular formula is C13H19N. The number of nitrogens with zero attached hydrogens (tertiary/aromatic N) is 1. The Hall–Kier alpha value is -0.820.